The van der Waals surface area contributed by atoms with E-state index >= 15 is 0 Å². The van der Waals surface area contributed by atoms with Gasteiger partial charge in [-0.3, -0.25) is 0 Å². The highest BCUT2D eigenvalue weighted by Gasteiger charge is 2.17. The smallest absolute Gasteiger partial charge is 0.335 e. The van der Waals surface area contributed by atoms with Gasteiger partial charge in [0.05, 0.1) is 6.26 Å². The summed E-state index contributed by atoms with van der Waals surface area (Å²) in [7, 11) is 0. The van der Waals surface area contributed by atoms with Gasteiger partial charge in [0.1, 0.15) is 5.76 Å². The summed E-state index contributed by atoms with van der Waals surface area (Å²) in [4.78, 5) is 0. The third kappa shape index (κ3) is 4.03. The van der Waals surface area contributed by atoms with Crippen LogP contribution >= 0.6 is 0 Å². The molecule has 3 nitrogen and oxygen atoms in total. The first-order valence-electron chi connectivity index (χ1n) is 3.90. The van der Waals surface area contributed by atoms with E-state index in [1.165, 1.54) is 5.56 Å². The van der Waals surface area contributed by atoms with Crippen molar-refractivity contribution in [1.29, 1.82) is 0 Å². The molecule has 13 heavy (non-hydrogen) atoms. The third-order valence-corrected chi connectivity index (χ3v) is 1.67. The zero-order chi connectivity index (χ0) is 10.5. The van der Waals surface area contributed by atoms with Crippen molar-refractivity contribution in [2.24, 2.45) is 0 Å². The summed E-state index contributed by atoms with van der Waals surface area (Å²) in [5.74, 6) is 1.03. The van der Waals surface area contributed by atoms with Gasteiger partial charge in [0, 0.05) is 0 Å². The van der Waals surface area contributed by atoms with E-state index in [0.717, 1.165) is 5.76 Å². The molecule has 0 aliphatic heterocycles. The second-order valence-electron chi connectivity index (χ2n) is 3.71. The summed E-state index contributed by atoms with van der Waals surface area (Å²) in [6, 6.07) is 2.04. The van der Waals surface area contributed by atoms with Gasteiger partial charge >= 0.3 is 11.6 Å². The molecule has 0 aromatic carbocycles. The Morgan fingerprint density at radius 3 is 1.92 bits per heavy atom. The van der Waals surface area contributed by atoms with Gasteiger partial charge in [0.25, 0.3) is 0 Å². The molecule has 1 aromatic rings. The molecular weight excluding hydrogens is 188 g/mol. The quantitative estimate of drug-likeness (QED) is 0.648. The van der Waals surface area contributed by atoms with Gasteiger partial charge in [0.15, 0.2) is 0 Å². The van der Waals surface area contributed by atoms with Crippen molar-refractivity contribution in [1.82, 2.24) is 0 Å². The van der Waals surface area contributed by atoms with E-state index in [9.17, 15) is 0 Å². The van der Waals surface area contributed by atoms with Crippen LogP contribution in [0, 0.1) is 6.92 Å². The average Bonchev–Trinajstić information content (AvgIpc) is 2.35. The molecule has 1 rings (SSSR count). The predicted molar refractivity (Wildman–Crippen MR) is 51.1 cm³/mol. The van der Waals surface area contributed by atoms with Crippen molar-refractivity contribution >= 4 is 11.6 Å². The van der Waals surface area contributed by atoms with E-state index in [4.69, 9.17) is 12.8 Å². The van der Waals surface area contributed by atoms with Crippen LogP contribution in [0.1, 0.15) is 32.1 Å². The minimum atomic E-state index is -0.750. The summed E-state index contributed by atoms with van der Waals surface area (Å²) in [5, 5.41) is 0. The predicted octanol–water partition coefficient (Wildman–Crippen LogP) is 2.22. The van der Waals surface area contributed by atoms with E-state index in [2.05, 4.69) is 20.8 Å². The van der Waals surface area contributed by atoms with E-state index in [1.807, 2.05) is 13.0 Å². The average molecular weight is 202 g/mol. The fraction of sp³-hybridized carbons (Fsp3) is 0.556. The second-order valence-corrected chi connectivity index (χ2v) is 3.84. The molecule has 0 unspecified atom stereocenters. The van der Waals surface area contributed by atoms with Crippen LogP contribution in [0.4, 0.5) is 0 Å². The molecule has 4 heteroatoms. The first-order chi connectivity index (χ1) is 5.93. The third-order valence-electron chi connectivity index (χ3n) is 1.67. The van der Waals surface area contributed by atoms with Crippen molar-refractivity contribution in [3.05, 3.63) is 23.7 Å². The summed E-state index contributed by atoms with van der Waals surface area (Å²) in [6.07, 6.45) is 1.75. The Labute approximate surface area is 81.7 Å². The van der Waals surface area contributed by atoms with Crippen LogP contribution in [0.15, 0.2) is 16.7 Å². The summed E-state index contributed by atoms with van der Waals surface area (Å²) in [6.45, 7) is 8.56. The molecule has 0 aliphatic rings. The molecule has 0 N–H and O–H groups in total. The van der Waals surface area contributed by atoms with Crippen molar-refractivity contribution in [2.45, 2.75) is 33.1 Å². The molecule has 74 valence electrons. The van der Waals surface area contributed by atoms with Crippen LogP contribution in [-0.4, -0.2) is 8.42 Å². The molecule has 0 saturated carbocycles. The van der Waals surface area contributed by atoms with Crippen molar-refractivity contribution in [2.75, 3.05) is 0 Å². The van der Waals surface area contributed by atoms with Gasteiger partial charge in [-0.25, -0.2) is 0 Å². The standard InChI is InChI=1S/C9H14O.O2S/c1-7-8(5-6-10-7)9(2,3)4;1-3-2/h5-6H,1-4H3;. The first kappa shape index (κ1) is 12.1. The Kier molecular flexibility index (Phi) is 4.62. The van der Waals surface area contributed by atoms with Crippen LogP contribution in [0.2, 0.25) is 0 Å². The highest BCUT2D eigenvalue weighted by Crippen LogP contribution is 2.25. The van der Waals surface area contributed by atoms with Crippen LogP contribution in [0.25, 0.3) is 0 Å². The van der Waals surface area contributed by atoms with Crippen LogP contribution in [0.3, 0.4) is 0 Å². The number of furan rings is 1. The normalized spacial score (nSPS) is 10.2. The molecular formula is C9H14O3S. The molecule has 1 heterocycles. The van der Waals surface area contributed by atoms with Crippen LogP contribution in [-0.2, 0) is 17.0 Å². The monoisotopic (exact) mass is 202 g/mol. The van der Waals surface area contributed by atoms with Crippen molar-refractivity contribution in [3.63, 3.8) is 0 Å². The van der Waals surface area contributed by atoms with E-state index in [-0.39, 0.29) is 5.41 Å². The lowest BCUT2D eigenvalue weighted by Gasteiger charge is -2.16. The lowest BCUT2D eigenvalue weighted by Crippen LogP contribution is -2.10. The maximum atomic E-state index is 8.29. The maximum Gasteiger partial charge on any atom is 0.335 e. The Morgan fingerprint density at radius 1 is 1.31 bits per heavy atom. The number of hydrogen-bond acceptors (Lipinski definition) is 3. The van der Waals surface area contributed by atoms with E-state index in [0.29, 0.717) is 0 Å². The van der Waals surface area contributed by atoms with Gasteiger partial charge in [-0.05, 0) is 24.0 Å². The SMILES string of the molecule is Cc1occc1C(C)(C)C.O=S=O. The minimum Gasteiger partial charge on any atom is -0.469 e. The lowest BCUT2D eigenvalue weighted by molar-refractivity contribution is 0.506. The largest absolute Gasteiger partial charge is 0.469 e. The van der Waals surface area contributed by atoms with Crippen molar-refractivity contribution in [3.8, 4) is 0 Å². The summed E-state index contributed by atoms with van der Waals surface area (Å²) in [5.41, 5.74) is 1.52. The number of hydrogen-bond donors (Lipinski definition) is 0. The maximum absolute atomic E-state index is 8.29. The zero-order valence-electron chi connectivity index (χ0n) is 8.29. The van der Waals surface area contributed by atoms with Gasteiger partial charge < -0.3 is 4.42 Å². The zero-order valence-corrected chi connectivity index (χ0v) is 9.10. The van der Waals surface area contributed by atoms with Gasteiger partial charge in [0.2, 0.25) is 0 Å². The van der Waals surface area contributed by atoms with Gasteiger partial charge in [-0.2, -0.15) is 8.42 Å². The molecule has 1 aromatic heterocycles. The Morgan fingerprint density at radius 2 is 1.77 bits per heavy atom. The second kappa shape index (κ2) is 4.97. The number of aryl methyl sites for hydroxylation is 1. The van der Waals surface area contributed by atoms with Gasteiger partial charge in [-0.1, -0.05) is 20.8 Å². The minimum absolute atomic E-state index is 0.219. The molecule has 0 fully saturated rings. The van der Waals surface area contributed by atoms with Crippen molar-refractivity contribution < 1.29 is 12.8 Å². The molecule has 0 bridgehead atoms. The first-order valence-corrected chi connectivity index (χ1v) is 4.56. The molecule has 0 spiro atoms. The molecule has 0 amide bonds. The Balaban J connectivity index is 0.000000424. The topological polar surface area (TPSA) is 47.3 Å². The van der Waals surface area contributed by atoms with E-state index < -0.39 is 11.6 Å². The highest BCUT2D eigenvalue weighted by atomic mass is 32.1. The lowest BCUT2D eigenvalue weighted by atomic mass is 9.87. The summed E-state index contributed by atoms with van der Waals surface area (Å²) >= 11 is -0.750. The van der Waals surface area contributed by atoms with Crippen LogP contribution < -0.4 is 0 Å². The van der Waals surface area contributed by atoms with E-state index in [1.54, 1.807) is 6.26 Å². The molecule has 0 saturated heterocycles. The number of rotatable bonds is 0. The fourth-order valence-electron chi connectivity index (χ4n) is 1.16. The molecule has 0 aliphatic carbocycles. The Bertz CT molecular complexity index is 290. The highest BCUT2D eigenvalue weighted by molar-refractivity contribution is 7.51. The molecule has 0 atom stereocenters. The van der Waals surface area contributed by atoms with Gasteiger partial charge in [-0.15, -0.1) is 0 Å². The Hall–Kier alpha value is -0.900. The fourth-order valence-corrected chi connectivity index (χ4v) is 1.16. The summed E-state index contributed by atoms with van der Waals surface area (Å²) < 4.78 is 21.8. The molecule has 0 radical (unpaired) electrons. The van der Waals surface area contributed by atoms with Crippen LogP contribution in [0.5, 0.6) is 0 Å².